The van der Waals surface area contributed by atoms with Crippen LogP contribution in [0.5, 0.6) is 0 Å². The van der Waals surface area contributed by atoms with Crippen LogP contribution < -0.4 is 5.73 Å². The summed E-state index contributed by atoms with van der Waals surface area (Å²) in [7, 11) is 0. The minimum atomic E-state index is -0.230. The minimum Gasteiger partial charge on any atom is -0.329 e. The maximum Gasteiger partial charge on any atom is 0.128 e. The first-order chi connectivity index (χ1) is 10.2. The van der Waals surface area contributed by atoms with Crippen LogP contribution in [0.15, 0.2) is 35.7 Å². The SMILES string of the molecule is NCC(c1cc(Cl)ccc1F)N(Cc1cccs1)C1CC1. The lowest BCUT2D eigenvalue weighted by molar-refractivity contribution is 0.180. The molecular formula is C16H18ClFN2S. The van der Waals surface area contributed by atoms with Crippen molar-refractivity contribution in [2.75, 3.05) is 6.54 Å². The predicted molar refractivity (Wildman–Crippen MR) is 86.1 cm³/mol. The van der Waals surface area contributed by atoms with Crippen molar-refractivity contribution < 1.29 is 4.39 Å². The van der Waals surface area contributed by atoms with Gasteiger partial charge in [0.2, 0.25) is 0 Å². The first-order valence-electron chi connectivity index (χ1n) is 7.12. The van der Waals surface area contributed by atoms with Crippen LogP contribution in [0.1, 0.15) is 29.3 Å². The quantitative estimate of drug-likeness (QED) is 0.862. The first-order valence-corrected chi connectivity index (χ1v) is 8.38. The summed E-state index contributed by atoms with van der Waals surface area (Å²) in [5.74, 6) is -0.230. The number of nitrogens with two attached hydrogens (primary N) is 1. The molecule has 1 aliphatic rings. The zero-order valence-electron chi connectivity index (χ0n) is 11.6. The van der Waals surface area contributed by atoms with Gasteiger partial charge in [-0.2, -0.15) is 0 Å². The molecule has 0 amide bonds. The Balaban J connectivity index is 1.89. The number of hydrogen-bond acceptors (Lipinski definition) is 3. The van der Waals surface area contributed by atoms with Gasteiger partial charge in [-0.05, 0) is 42.5 Å². The van der Waals surface area contributed by atoms with E-state index in [-0.39, 0.29) is 11.9 Å². The largest absolute Gasteiger partial charge is 0.329 e. The van der Waals surface area contributed by atoms with E-state index in [4.69, 9.17) is 17.3 Å². The number of rotatable bonds is 6. The van der Waals surface area contributed by atoms with Gasteiger partial charge in [0.05, 0.1) is 6.04 Å². The summed E-state index contributed by atoms with van der Waals surface area (Å²) in [4.78, 5) is 3.60. The highest BCUT2D eigenvalue weighted by Gasteiger charge is 2.35. The molecule has 1 unspecified atom stereocenters. The van der Waals surface area contributed by atoms with Crippen LogP contribution in [0.25, 0.3) is 0 Å². The van der Waals surface area contributed by atoms with Crippen molar-refractivity contribution in [1.29, 1.82) is 0 Å². The van der Waals surface area contributed by atoms with Gasteiger partial charge in [0.15, 0.2) is 0 Å². The summed E-state index contributed by atoms with van der Waals surface area (Å²) in [6, 6.07) is 9.24. The summed E-state index contributed by atoms with van der Waals surface area (Å²) in [6.07, 6.45) is 2.31. The fraction of sp³-hybridized carbons (Fsp3) is 0.375. The Hall–Kier alpha value is -0.940. The minimum absolute atomic E-state index is 0.127. The summed E-state index contributed by atoms with van der Waals surface area (Å²) in [6.45, 7) is 1.20. The Morgan fingerprint density at radius 3 is 2.81 bits per heavy atom. The molecule has 21 heavy (non-hydrogen) atoms. The van der Waals surface area contributed by atoms with E-state index in [1.807, 2.05) is 6.07 Å². The third kappa shape index (κ3) is 3.46. The number of benzene rings is 1. The molecule has 1 atom stereocenters. The van der Waals surface area contributed by atoms with Crippen LogP contribution in [0.2, 0.25) is 5.02 Å². The fourth-order valence-electron chi connectivity index (χ4n) is 2.69. The van der Waals surface area contributed by atoms with Gasteiger partial charge in [-0.3, -0.25) is 4.90 Å². The van der Waals surface area contributed by atoms with Gasteiger partial charge in [-0.25, -0.2) is 4.39 Å². The third-order valence-corrected chi connectivity index (χ3v) is 4.97. The Bertz CT molecular complexity index is 598. The number of halogens is 2. The topological polar surface area (TPSA) is 29.3 Å². The van der Waals surface area contributed by atoms with Crippen molar-refractivity contribution >= 4 is 22.9 Å². The van der Waals surface area contributed by atoms with Crippen LogP contribution in [0.4, 0.5) is 4.39 Å². The van der Waals surface area contributed by atoms with Crippen molar-refractivity contribution in [3.05, 3.63) is 57.0 Å². The molecule has 0 aliphatic heterocycles. The normalized spacial score (nSPS) is 16.4. The van der Waals surface area contributed by atoms with E-state index in [1.165, 1.54) is 10.9 Å². The van der Waals surface area contributed by atoms with Crippen LogP contribution in [0.3, 0.4) is 0 Å². The molecule has 1 heterocycles. The Labute approximate surface area is 133 Å². The summed E-state index contributed by atoms with van der Waals surface area (Å²) < 4.78 is 14.2. The smallest absolute Gasteiger partial charge is 0.128 e. The van der Waals surface area contributed by atoms with Crippen LogP contribution >= 0.6 is 22.9 Å². The first kappa shape index (κ1) is 15.0. The Morgan fingerprint density at radius 1 is 1.38 bits per heavy atom. The van der Waals surface area contributed by atoms with Crippen molar-refractivity contribution in [1.82, 2.24) is 4.90 Å². The van der Waals surface area contributed by atoms with Crippen molar-refractivity contribution in [2.24, 2.45) is 5.73 Å². The lowest BCUT2D eigenvalue weighted by Crippen LogP contribution is -2.35. The Kier molecular flexibility index (Phi) is 4.60. The van der Waals surface area contributed by atoms with E-state index in [0.29, 0.717) is 23.2 Å². The van der Waals surface area contributed by atoms with Gasteiger partial charge >= 0.3 is 0 Å². The molecular weight excluding hydrogens is 307 g/mol. The predicted octanol–water partition coefficient (Wildman–Crippen LogP) is 4.21. The molecule has 1 fully saturated rings. The highest BCUT2D eigenvalue weighted by molar-refractivity contribution is 7.09. The van der Waals surface area contributed by atoms with Crippen LogP contribution in [0, 0.1) is 5.82 Å². The molecule has 1 saturated carbocycles. The zero-order valence-corrected chi connectivity index (χ0v) is 13.2. The molecule has 1 aromatic carbocycles. The van der Waals surface area contributed by atoms with Gasteiger partial charge in [0, 0.05) is 34.6 Å². The highest BCUT2D eigenvalue weighted by atomic mass is 35.5. The second kappa shape index (κ2) is 6.44. The highest BCUT2D eigenvalue weighted by Crippen LogP contribution is 2.37. The molecule has 2 aromatic rings. The van der Waals surface area contributed by atoms with E-state index in [0.717, 1.165) is 19.4 Å². The maximum atomic E-state index is 14.2. The molecule has 2 nitrogen and oxygen atoms in total. The van der Waals surface area contributed by atoms with E-state index < -0.39 is 0 Å². The maximum absolute atomic E-state index is 14.2. The summed E-state index contributed by atoms with van der Waals surface area (Å²) in [5, 5.41) is 2.62. The van der Waals surface area contributed by atoms with Crippen molar-refractivity contribution in [3.8, 4) is 0 Å². The second-order valence-corrected chi connectivity index (χ2v) is 6.87. The lowest BCUT2D eigenvalue weighted by Gasteiger charge is -2.31. The zero-order chi connectivity index (χ0) is 14.8. The van der Waals surface area contributed by atoms with Gasteiger partial charge in [0.25, 0.3) is 0 Å². The Morgan fingerprint density at radius 2 is 2.19 bits per heavy atom. The average molecular weight is 325 g/mol. The number of nitrogens with zero attached hydrogens (tertiary/aromatic N) is 1. The van der Waals surface area contributed by atoms with Gasteiger partial charge in [-0.15, -0.1) is 11.3 Å². The van der Waals surface area contributed by atoms with Gasteiger partial charge < -0.3 is 5.73 Å². The van der Waals surface area contributed by atoms with Gasteiger partial charge in [0.1, 0.15) is 5.82 Å². The molecule has 1 aromatic heterocycles. The fourth-order valence-corrected chi connectivity index (χ4v) is 3.59. The molecule has 0 saturated heterocycles. The van der Waals surface area contributed by atoms with Crippen LogP contribution in [-0.2, 0) is 6.54 Å². The molecule has 0 spiro atoms. The molecule has 2 N–H and O–H groups in total. The average Bonchev–Trinajstić information content (AvgIpc) is 3.19. The second-order valence-electron chi connectivity index (χ2n) is 5.40. The number of thiophene rings is 1. The summed E-state index contributed by atoms with van der Waals surface area (Å²) in [5.41, 5.74) is 6.58. The van der Waals surface area contributed by atoms with Crippen LogP contribution in [-0.4, -0.2) is 17.5 Å². The molecule has 3 rings (SSSR count). The molecule has 0 radical (unpaired) electrons. The summed E-state index contributed by atoms with van der Waals surface area (Å²) >= 11 is 7.76. The van der Waals surface area contributed by atoms with Gasteiger partial charge in [-0.1, -0.05) is 17.7 Å². The van der Waals surface area contributed by atoms with E-state index in [9.17, 15) is 4.39 Å². The molecule has 0 bridgehead atoms. The van der Waals surface area contributed by atoms with E-state index in [1.54, 1.807) is 23.5 Å². The molecule has 112 valence electrons. The number of hydrogen-bond donors (Lipinski definition) is 1. The molecule has 5 heteroatoms. The van der Waals surface area contributed by atoms with E-state index in [2.05, 4.69) is 16.3 Å². The third-order valence-electron chi connectivity index (χ3n) is 3.88. The lowest BCUT2D eigenvalue weighted by atomic mass is 10.0. The van der Waals surface area contributed by atoms with Crippen molar-refractivity contribution in [2.45, 2.75) is 31.5 Å². The molecule has 1 aliphatic carbocycles. The van der Waals surface area contributed by atoms with Crippen molar-refractivity contribution in [3.63, 3.8) is 0 Å². The standard InChI is InChI=1S/C16H18ClFN2S/c17-11-3-6-15(18)14(8-11)16(9-19)20(12-4-5-12)10-13-2-1-7-21-13/h1-3,6-8,12,16H,4-5,9-10,19H2. The monoisotopic (exact) mass is 324 g/mol. The van der Waals surface area contributed by atoms with E-state index >= 15 is 0 Å².